The van der Waals surface area contributed by atoms with Crippen molar-refractivity contribution in [2.24, 2.45) is 0 Å². The monoisotopic (exact) mass is 336 g/mol. The van der Waals surface area contributed by atoms with Crippen molar-refractivity contribution in [1.82, 2.24) is 9.21 Å². The van der Waals surface area contributed by atoms with Crippen LogP contribution in [0.3, 0.4) is 0 Å². The molecule has 92 valence electrons. The molecule has 0 aromatic carbocycles. The van der Waals surface area contributed by atoms with Gasteiger partial charge in [-0.3, -0.25) is 14.1 Å². The first-order valence-corrected chi connectivity index (χ1v) is 7.06. The molecule has 0 saturated carbocycles. The molecule has 0 aromatic heterocycles. The van der Waals surface area contributed by atoms with E-state index in [1.807, 2.05) is 0 Å². The number of nitrogens with zero attached hydrogens (tertiary/aromatic N) is 2. The third kappa shape index (κ3) is 2.41. The minimum atomic E-state index is -4.49. The summed E-state index contributed by atoms with van der Waals surface area (Å²) >= 11 is 2.99. The third-order valence-corrected chi connectivity index (χ3v) is 4.25. The standard InChI is InChI=1S/C7H9BrN2O5S.Na.H/c8-3-5(11)9-2-1-4-6(9)7(12)10(4)16(13,14)15;;/h4,6H,1-3H2,(H,13,14,15);;/t4-,6+;;/m1../s1. The molecule has 2 heterocycles. The van der Waals surface area contributed by atoms with Crippen molar-refractivity contribution in [2.45, 2.75) is 18.5 Å². The maximum atomic E-state index is 11.5. The molecule has 2 atom stereocenters. The molecule has 0 radical (unpaired) electrons. The van der Waals surface area contributed by atoms with Crippen molar-refractivity contribution in [1.29, 1.82) is 0 Å². The summed E-state index contributed by atoms with van der Waals surface area (Å²) in [5, 5.41) is 0.0926. The van der Waals surface area contributed by atoms with Crippen LogP contribution >= 0.6 is 15.9 Å². The van der Waals surface area contributed by atoms with Gasteiger partial charge in [0, 0.05) is 6.54 Å². The minimum absolute atomic E-state index is 0. The number of hydrogen-bond acceptors (Lipinski definition) is 4. The predicted molar refractivity (Wildman–Crippen MR) is 63.2 cm³/mol. The molecule has 1 N–H and O–H groups in total. The summed E-state index contributed by atoms with van der Waals surface area (Å²) in [6.45, 7) is 0.331. The average Bonchev–Trinajstić information content (AvgIpc) is 2.53. The van der Waals surface area contributed by atoms with E-state index in [4.69, 9.17) is 4.55 Å². The van der Waals surface area contributed by atoms with Crippen LogP contribution in [0.15, 0.2) is 0 Å². The van der Waals surface area contributed by atoms with E-state index in [9.17, 15) is 18.0 Å². The van der Waals surface area contributed by atoms with Crippen LogP contribution in [0.1, 0.15) is 6.42 Å². The molecule has 2 aliphatic heterocycles. The summed E-state index contributed by atoms with van der Waals surface area (Å²) in [5.41, 5.74) is 0. The first-order chi connectivity index (χ1) is 7.38. The van der Waals surface area contributed by atoms with Crippen LogP contribution in [0.5, 0.6) is 0 Å². The molecular weight excluding hydrogens is 327 g/mol. The fraction of sp³-hybridized carbons (Fsp3) is 0.714. The summed E-state index contributed by atoms with van der Waals surface area (Å²) in [7, 11) is -4.49. The molecule has 0 unspecified atom stereocenters. The Morgan fingerprint density at radius 3 is 2.59 bits per heavy atom. The van der Waals surface area contributed by atoms with Crippen molar-refractivity contribution in [3.8, 4) is 0 Å². The Morgan fingerprint density at radius 1 is 1.53 bits per heavy atom. The number of halogens is 1. The van der Waals surface area contributed by atoms with Gasteiger partial charge in [-0.05, 0) is 6.42 Å². The van der Waals surface area contributed by atoms with E-state index >= 15 is 0 Å². The fourth-order valence-electron chi connectivity index (χ4n) is 2.17. The zero-order chi connectivity index (χ0) is 12.1. The van der Waals surface area contributed by atoms with Gasteiger partial charge in [-0.1, -0.05) is 15.9 Å². The van der Waals surface area contributed by atoms with Crippen LogP contribution in [0.4, 0.5) is 0 Å². The van der Waals surface area contributed by atoms with E-state index in [0.717, 1.165) is 0 Å². The van der Waals surface area contributed by atoms with Gasteiger partial charge in [-0.15, -0.1) is 0 Å². The summed E-state index contributed by atoms with van der Waals surface area (Å²) in [5.74, 6) is -0.991. The quantitative estimate of drug-likeness (QED) is 0.282. The number of likely N-dealkylation sites (tertiary alicyclic amines) is 1. The predicted octanol–water partition coefficient (Wildman–Crippen LogP) is -1.65. The Hall–Kier alpha value is 0.330. The van der Waals surface area contributed by atoms with Crippen molar-refractivity contribution in [3.05, 3.63) is 0 Å². The van der Waals surface area contributed by atoms with Crippen molar-refractivity contribution in [2.75, 3.05) is 11.9 Å². The number of hydrogen-bond donors (Lipinski definition) is 1. The van der Waals surface area contributed by atoms with E-state index in [1.165, 1.54) is 4.90 Å². The SMILES string of the molecule is O=C(CBr)N1CC[C@@H]2[C@H]1C(=O)N2S(=O)(=O)O.[NaH]. The second-order valence-corrected chi connectivity index (χ2v) is 5.48. The van der Waals surface area contributed by atoms with E-state index in [2.05, 4.69) is 15.9 Å². The van der Waals surface area contributed by atoms with Gasteiger partial charge >= 0.3 is 39.9 Å². The van der Waals surface area contributed by atoms with E-state index in [-0.39, 0.29) is 40.8 Å². The van der Waals surface area contributed by atoms with Crippen LogP contribution < -0.4 is 0 Å². The van der Waals surface area contributed by atoms with Crippen molar-refractivity contribution >= 4 is 67.6 Å². The van der Waals surface area contributed by atoms with Crippen LogP contribution in [0.25, 0.3) is 0 Å². The van der Waals surface area contributed by atoms with Crippen LogP contribution in [0, 0.1) is 0 Å². The van der Waals surface area contributed by atoms with Gasteiger partial charge in [0.15, 0.2) is 0 Å². The van der Waals surface area contributed by atoms with Gasteiger partial charge in [0.05, 0.1) is 11.4 Å². The third-order valence-electron chi connectivity index (χ3n) is 2.82. The molecule has 2 fully saturated rings. The van der Waals surface area contributed by atoms with E-state index < -0.39 is 28.3 Å². The van der Waals surface area contributed by atoms with E-state index in [0.29, 0.717) is 17.3 Å². The summed E-state index contributed by atoms with van der Waals surface area (Å²) in [6, 6.07) is -1.34. The second kappa shape index (κ2) is 5.14. The topological polar surface area (TPSA) is 95.0 Å². The normalized spacial score (nSPS) is 27.3. The molecule has 0 bridgehead atoms. The zero-order valence-corrected chi connectivity index (χ0v) is 10.4. The van der Waals surface area contributed by atoms with Gasteiger partial charge in [-0.2, -0.15) is 8.42 Å². The van der Waals surface area contributed by atoms with Crippen LogP contribution in [-0.4, -0.2) is 87.5 Å². The molecule has 0 aliphatic carbocycles. The Morgan fingerprint density at radius 2 is 2.12 bits per heavy atom. The van der Waals surface area contributed by atoms with Gasteiger partial charge in [-0.25, -0.2) is 4.31 Å². The van der Waals surface area contributed by atoms with Crippen molar-refractivity contribution in [3.63, 3.8) is 0 Å². The molecule has 2 saturated heterocycles. The zero-order valence-electron chi connectivity index (χ0n) is 8.04. The molecule has 0 aromatic rings. The summed E-state index contributed by atoms with van der Waals surface area (Å²) in [4.78, 5) is 24.2. The number of rotatable bonds is 2. The summed E-state index contributed by atoms with van der Waals surface area (Å²) in [6.07, 6.45) is 0.370. The molecule has 17 heavy (non-hydrogen) atoms. The molecule has 2 amide bonds. The Bertz CT molecular complexity index is 455. The first-order valence-electron chi connectivity index (χ1n) is 4.54. The summed E-state index contributed by atoms with van der Waals surface area (Å²) < 4.78 is 31.0. The van der Waals surface area contributed by atoms with Gasteiger partial charge in [0.2, 0.25) is 5.91 Å². The molecule has 0 spiro atoms. The molecule has 2 aliphatic rings. The number of amides is 2. The van der Waals surface area contributed by atoms with Crippen LogP contribution in [-0.2, 0) is 19.9 Å². The number of β-lactam (4-membered cyclic amide) rings is 1. The van der Waals surface area contributed by atoms with Gasteiger partial charge in [0.1, 0.15) is 6.04 Å². The first kappa shape index (κ1) is 15.4. The number of fused-ring (bicyclic) bond motifs is 1. The molecule has 10 heteroatoms. The van der Waals surface area contributed by atoms with Gasteiger partial charge < -0.3 is 4.90 Å². The average molecular weight is 337 g/mol. The fourth-order valence-corrected chi connectivity index (χ4v) is 3.39. The van der Waals surface area contributed by atoms with Gasteiger partial charge in [0.25, 0.3) is 5.91 Å². The molecule has 2 rings (SSSR count). The number of alkyl halides is 1. The van der Waals surface area contributed by atoms with Crippen LogP contribution in [0.2, 0.25) is 0 Å². The van der Waals surface area contributed by atoms with Crippen molar-refractivity contribution < 1.29 is 22.6 Å². The molecular formula is C7H10BrN2NaO5S. The molecule has 7 nitrogen and oxygen atoms in total. The number of carbonyl (C=O) groups is 2. The second-order valence-electron chi connectivity index (χ2n) is 3.63. The Balaban J connectivity index is 0.00000144. The maximum absolute atomic E-state index is 11.5. The number of carbonyl (C=O) groups excluding carboxylic acids is 2. The van der Waals surface area contributed by atoms with E-state index in [1.54, 1.807) is 0 Å². The Labute approximate surface area is 129 Å². The Kier molecular flexibility index (Phi) is 4.65.